The first kappa shape index (κ1) is 23.5. The molecule has 2 amide bonds. The van der Waals surface area contributed by atoms with E-state index >= 15 is 0 Å². The van der Waals surface area contributed by atoms with E-state index in [0.717, 1.165) is 55.5 Å². The van der Waals surface area contributed by atoms with Gasteiger partial charge in [-0.2, -0.15) is 0 Å². The van der Waals surface area contributed by atoms with E-state index < -0.39 is 0 Å². The third-order valence-corrected chi connectivity index (χ3v) is 8.29. The van der Waals surface area contributed by atoms with E-state index in [9.17, 15) is 9.59 Å². The fourth-order valence-electron chi connectivity index (χ4n) is 5.90. The Balaban J connectivity index is 1.19. The normalized spacial score (nSPS) is 19.7. The number of fused-ring (bicyclic) bond motifs is 3. The third kappa shape index (κ3) is 4.19. The number of nitrogens with zero attached hydrogens (tertiary/aromatic N) is 3. The van der Waals surface area contributed by atoms with Crippen LogP contribution in [0.15, 0.2) is 42.5 Å². The number of carbonyl (C=O) groups excluding carboxylic acids is 2. The molecule has 3 aromatic rings. The summed E-state index contributed by atoms with van der Waals surface area (Å²) in [6.07, 6.45) is 1.83. The van der Waals surface area contributed by atoms with E-state index in [2.05, 4.69) is 41.2 Å². The lowest BCUT2D eigenvalue weighted by molar-refractivity contribution is -0.132. The van der Waals surface area contributed by atoms with Gasteiger partial charge in [-0.3, -0.25) is 9.59 Å². The molecular weight excluding hydrogens is 476 g/mol. The lowest BCUT2D eigenvalue weighted by atomic mass is 9.84. The Morgan fingerprint density at radius 1 is 1.00 bits per heavy atom. The van der Waals surface area contributed by atoms with Gasteiger partial charge >= 0.3 is 0 Å². The molecule has 0 radical (unpaired) electrons. The van der Waals surface area contributed by atoms with E-state index in [0.29, 0.717) is 30.4 Å². The Morgan fingerprint density at radius 2 is 1.75 bits per heavy atom. The molecule has 0 aliphatic carbocycles. The zero-order valence-electron chi connectivity index (χ0n) is 20.6. The molecule has 188 valence electrons. The second kappa shape index (κ2) is 9.21. The van der Waals surface area contributed by atoms with E-state index in [-0.39, 0.29) is 23.8 Å². The van der Waals surface area contributed by atoms with Gasteiger partial charge < -0.3 is 24.4 Å². The molecule has 0 unspecified atom stereocenters. The van der Waals surface area contributed by atoms with Crippen LogP contribution in [0.5, 0.6) is 0 Å². The summed E-state index contributed by atoms with van der Waals surface area (Å²) < 4.78 is 6.26. The maximum absolute atomic E-state index is 13.5. The third-order valence-electron chi connectivity index (χ3n) is 8.07. The molecule has 8 heteroatoms. The first-order chi connectivity index (χ1) is 17.4. The molecule has 2 saturated heterocycles. The molecule has 6 rings (SSSR count). The number of amides is 2. The highest BCUT2D eigenvalue weighted by atomic mass is 35.5. The number of piperazine rings is 1. The topological polar surface area (TPSA) is 68.9 Å². The van der Waals surface area contributed by atoms with Crippen LogP contribution in [0.2, 0.25) is 5.02 Å². The van der Waals surface area contributed by atoms with Gasteiger partial charge in [0, 0.05) is 55.2 Å². The lowest BCUT2D eigenvalue weighted by Crippen LogP contribution is -2.47. The number of halogens is 1. The molecule has 1 spiro atoms. The Kier molecular flexibility index (Phi) is 6.02. The van der Waals surface area contributed by atoms with Crippen molar-refractivity contribution in [1.29, 1.82) is 0 Å². The van der Waals surface area contributed by atoms with Crippen molar-refractivity contribution in [2.24, 2.45) is 0 Å². The Morgan fingerprint density at radius 3 is 2.53 bits per heavy atom. The van der Waals surface area contributed by atoms with Gasteiger partial charge in [0.15, 0.2) is 0 Å². The van der Waals surface area contributed by atoms with Crippen molar-refractivity contribution in [3.8, 4) is 0 Å². The maximum Gasteiger partial charge on any atom is 0.270 e. The van der Waals surface area contributed by atoms with Crippen LogP contribution in [0.3, 0.4) is 0 Å². The van der Waals surface area contributed by atoms with Gasteiger partial charge in [-0.05, 0) is 54.8 Å². The molecule has 7 nitrogen and oxygen atoms in total. The van der Waals surface area contributed by atoms with Gasteiger partial charge in [-0.25, -0.2) is 0 Å². The van der Waals surface area contributed by atoms with Crippen LogP contribution >= 0.6 is 11.6 Å². The number of likely N-dealkylation sites (N-methyl/N-ethyl adjacent to an activating group) is 1. The smallest absolute Gasteiger partial charge is 0.270 e. The van der Waals surface area contributed by atoms with Gasteiger partial charge in [0.1, 0.15) is 5.69 Å². The molecule has 3 aliphatic heterocycles. The predicted octanol–water partition coefficient (Wildman–Crippen LogP) is 3.80. The van der Waals surface area contributed by atoms with Crippen LogP contribution in [0.4, 0.5) is 0 Å². The van der Waals surface area contributed by atoms with Crippen LogP contribution in [0.25, 0.3) is 10.9 Å². The van der Waals surface area contributed by atoms with Crippen molar-refractivity contribution in [2.45, 2.75) is 31.5 Å². The van der Waals surface area contributed by atoms with Crippen LogP contribution < -0.4 is 0 Å². The van der Waals surface area contributed by atoms with Gasteiger partial charge in [0.25, 0.3) is 5.91 Å². The summed E-state index contributed by atoms with van der Waals surface area (Å²) >= 11 is 6.41. The van der Waals surface area contributed by atoms with E-state index in [1.807, 2.05) is 28.0 Å². The summed E-state index contributed by atoms with van der Waals surface area (Å²) in [4.78, 5) is 35.8. The second-order valence-corrected chi connectivity index (χ2v) is 10.7. The number of rotatable bonds is 3. The summed E-state index contributed by atoms with van der Waals surface area (Å²) in [5.74, 6) is 0.0621. The number of hydrogen-bond acceptors (Lipinski definition) is 4. The summed E-state index contributed by atoms with van der Waals surface area (Å²) in [6, 6.07) is 13.9. The van der Waals surface area contributed by atoms with Crippen LogP contribution in [0, 0.1) is 0 Å². The molecule has 0 saturated carbocycles. The number of likely N-dealkylation sites (tertiary alicyclic amines) is 1. The zero-order valence-corrected chi connectivity index (χ0v) is 21.3. The second-order valence-electron chi connectivity index (χ2n) is 10.3. The monoisotopic (exact) mass is 506 g/mol. The van der Waals surface area contributed by atoms with Gasteiger partial charge in [-0.1, -0.05) is 35.9 Å². The fourth-order valence-corrected chi connectivity index (χ4v) is 6.15. The van der Waals surface area contributed by atoms with Crippen LogP contribution in [-0.2, 0) is 28.2 Å². The molecule has 2 fully saturated rings. The minimum Gasteiger partial charge on any atom is -0.365 e. The molecule has 0 bridgehead atoms. The van der Waals surface area contributed by atoms with Gasteiger partial charge in [0.2, 0.25) is 5.91 Å². The molecule has 1 aromatic heterocycles. The first-order valence-corrected chi connectivity index (χ1v) is 13.1. The lowest BCUT2D eigenvalue weighted by Gasteiger charge is -2.39. The molecule has 0 atom stereocenters. The summed E-state index contributed by atoms with van der Waals surface area (Å²) in [7, 11) is 2.07. The Bertz CT molecular complexity index is 1320. The summed E-state index contributed by atoms with van der Waals surface area (Å²) in [5.41, 5.74) is 4.42. The minimum atomic E-state index is -0.280. The average molecular weight is 507 g/mol. The van der Waals surface area contributed by atoms with E-state index in [4.69, 9.17) is 16.3 Å². The highest BCUT2D eigenvalue weighted by Crippen LogP contribution is 2.44. The Labute approximate surface area is 215 Å². The largest absolute Gasteiger partial charge is 0.365 e. The number of aromatic nitrogens is 1. The predicted molar refractivity (Wildman–Crippen MR) is 139 cm³/mol. The number of aromatic amines is 1. The quantitative estimate of drug-likeness (QED) is 0.586. The van der Waals surface area contributed by atoms with Crippen molar-refractivity contribution >= 4 is 34.3 Å². The van der Waals surface area contributed by atoms with Crippen molar-refractivity contribution in [3.05, 3.63) is 69.9 Å². The molecule has 3 aliphatic rings. The van der Waals surface area contributed by atoms with E-state index in [1.54, 1.807) is 0 Å². The van der Waals surface area contributed by atoms with Crippen LogP contribution in [-0.4, -0.2) is 77.8 Å². The van der Waals surface area contributed by atoms with Crippen molar-refractivity contribution < 1.29 is 14.3 Å². The first-order valence-electron chi connectivity index (χ1n) is 12.7. The van der Waals surface area contributed by atoms with Gasteiger partial charge in [0.05, 0.1) is 18.6 Å². The summed E-state index contributed by atoms with van der Waals surface area (Å²) in [6.45, 7) is 5.14. The summed E-state index contributed by atoms with van der Waals surface area (Å²) in [5, 5.41) is 1.42. The molecular formula is C28H31ClN4O3. The SMILES string of the molecule is CN1CCN(C(=O)Cc2cc(Cl)cc3cc(C(=O)N4CCC5(CC4)OCc4ccccc45)[nH]c23)CC1. The van der Waals surface area contributed by atoms with Crippen LogP contribution in [0.1, 0.15) is 40.0 Å². The van der Waals surface area contributed by atoms with Crippen molar-refractivity contribution in [2.75, 3.05) is 46.3 Å². The van der Waals surface area contributed by atoms with Crippen molar-refractivity contribution in [1.82, 2.24) is 19.7 Å². The van der Waals surface area contributed by atoms with Crippen molar-refractivity contribution in [3.63, 3.8) is 0 Å². The molecule has 36 heavy (non-hydrogen) atoms. The number of carbonyl (C=O) groups is 2. The standard InChI is InChI=1S/C28H31ClN4O3/c1-31-10-12-32(13-11-31)25(34)17-21-15-22(29)14-20-16-24(30-26(20)21)27(35)33-8-6-28(7-9-33)23-5-3-2-4-19(23)18-36-28/h2-5,14-16,30H,6-13,17-18H2,1H3. The number of H-pyrrole nitrogens is 1. The number of nitrogens with one attached hydrogen (secondary N) is 1. The number of piperidine rings is 1. The zero-order chi connectivity index (χ0) is 24.9. The minimum absolute atomic E-state index is 0.0280. The molecule has 1 N–H and O–H groups in total. The van der Waals surface area contributed by atoms with Gasteiger partial charge in [-0.15, -0.1) is 0 Å². The highest BCUT2D eigenvalue weighted by Gasteiger charge is 2.43. The fraction of sp³-hybridized carbons (Fsp3) is 0.429. The number of hydrogen-bond donors (Lipinski definition) is 1. The number of ether oxygens (including phenoxy) is 1. The maximum atomic E-state index is 13.5. The highest BCUT2D eigenvalue weighted by molar-refractivity contribution is 6.31. The molecule has 4 heterocycles. The average Bonchev–Trinajstić information content (AvgIpc) is 3.47. The number of benzene rings is 2. The Hall–Kier alpha value is -2.87. The molecule has 2 aromatic carbocycles. The van der Waals surface area contributed by atoms with E-state index in [1.165, 1.54) is 11.1 Å².